The van der Waals surface area contributed by atoms with E-state index in [0.29, 0.717) is 5.69 Å². The monoisotopic (exact) mass is 504 g/mol. The number of Topliss-reactive ketones (excluding diaryl/α,β-unsaturated/α-hetero) is 1. The highest BCUT2D eigenvalue weighted by atomic mass is 16.6. The summed E-state index contributed by atoms with van der Waals surface area (Å²) < 4.78 is 5.39. The first-order valence-electron chi connectivity index (χ1n) is 12.9. The van der Waals surface area contributed by atoms with Crippen molar-refractivity contribution in [1.82, 2.24) is 10.2 Å². The van der Waals surface area contributed by atoms with E-state index < -0.39 is 35.1 Å². The number of benzene rings is 2. The molecule has 3 heterocycles. The van der Waals surface area contributed by atoms with E-state index in [1.54, 1.807) is 12.1 Å². The minimum absolute atomic E-state index is 0.165. The van der Waals surface area contributed by atoms with Gasteiger partial charge in [-0.15, -0.1) is 0 Å². The van der Waals surface area contributed by atoms with Crippen molar-refractivity contribution in [1.29, 1.82) is 0 Å². The number of nitrogens with zero attached hydrogens (tertiary/aromatic N) is 2. The van der Waals surface area contributed by atoms with Crippen LogP contribution in [0.4, 0.5) is 16.2 Å². The topological polar surface area (TPSA) is 108 Å². The van der Waals surface area contributed by atoms with Crippen molar-refractivity contribution < 1.29 is 23.9 Å². The van der Waals surface area contributed by atoms with Crippen LogP contribution in [0.25, 0.3) is 0 Å². The molecule has 0 bridgehead atoms. The highest BCUT2D eigenvalue weighted by Gasteiger charge is 2.56. The molecule has 2 aromatic carbocycles. The molecule has 1 unspecified atom stereocenters. The molecule has 194 valence electrons. The number of rotatable bonds is 5. The van der Waals surface area contributed by atoms with Gasteiger partial charge in [-0.05, 0) is 61.9 Å². The third-order valence-corrected chi connectivity index (χ3v) is 7.56. The molecule has 5 rings (SSSR count). The van der Waals surface area contributed by atoms with Crippen LogP contribution < -0.4 is 15.5 Å². The summed E-state index contributed by atoms with van der Waals surface area (Å²) in [5.41, 5.74) is 1.40. The number of likely N-dealkylation sites (tertiary alicyclic amines) is 1. The number of carbonyl (C=O) groups is 4. The van der Waals surface area contributed by atoms with E-state index in [0.717, 1.165) is 24.3 Å². The van der Waals surface area contributed by atoms with Gasteiger partial charge < -0.3 is 25.2 Å². The van der Waals surface area contributed by atoms with Crippen LogP contribution in [0.5, 0.6) is 0 Å². The van der Waals surface area contributed by atoms with Crippen LogP contribution >= 0.6 is 0 Å². The second-order valence-electron chi connectivity index (χ2n) is 9.98. The molecule has 0 aromatic heterocycles. The average molecular weight is 505 g/mol. The summed E-state index contributed by atoms with van der Waals surface area (Å²) in [6.45, 7) is 2.72. The summed E-state index contributed by atoms with van der Waals surface area (Å²) in [5.74, 6) is -3.06. The first kappa shape index (κ1) is 24.8. The maximum absolute atomic E-state index is 13.3. The molecule has 3 aliphatic rings. The van der Waals surface area contributed by atoms with Gasteiger partial charge in [-0.3, -0.25) is 14.4 Å². The van der Waals surface area contributed by atoms with Crippen molar-refractivity contribution in [2.45, 2.75) is 44.2 Å². The predicted molar refractivity (Wildman–Crippen MR) is 138 cm³/mol. The highest BCUT2D eigenvalue weighted by molar-refractivity contribution is 6.27. The number of nitrogens with one attached hydrogen (secondary N) is 2. The van der Waals surface area contributed by atoms with Crippen LogP contribution in [0, 0.1) is 5.92 Å². The summed E-state index contributed by atoms with van der Waals surface area (Å²) in [7, 11) is 0. The Morgan fingerprint density at radius 3 is 2.27 bits per heavy atom. The van der Waals surface area contributed by atoms with Crippen LogP contribution in [0.1, 0.15) is 37.7 Å². The number of ether oxygens (including phenoxy) is 1. The lowest BCUT2D eigenvalue weighted by atomic mass is 9.82. The molecule has 3 aliphatic heterocycles. The lowest BCUT2D eigenvalue weighted by Crippen LogP contribution is -2.55. The van der Waals surface area contributed by atoms with E-state index >= 15 is 0 Å². The van der Waals surface area contributed by atoms with Crippen LogP contribution in [0.15, 0.2) is 54.6 Å². The fraction of sp³-hybridized carbons (Fsp3) is 0.429. The molecule has 0 saturated carbocycles. The molecule has 9 nitrogen and oxygen atoms in total. The third kappa shape index (κ3) is 5.30. The Bertz CT molecular complexity index is 1150. The van der Waals surface area contributed by atoms with Gasteiger partial charge in [0.15, 0.2) is 11.7 Å². The zero-order valence-corrected chi connectivity index (χ0v) is 20.8. The molecule has 0 radical (unpaired) electrons. The Hall–Kier alpha value is -3.88. The molecule has 0 aliphatic carbocycles. The van der Waals surface area contributed by atoms with Crippen LogP contribution in [-0.4, -0.2) is 60.3 Å². The van der Waals surface area contributed by atoms with Gasteiger partial charge in [-0.25, -0.2) is 4.79 Å². The van der Waals surface area contributed by atoms with E-state index in [-0.39, 0.29) is 32.5 Å². The quantitative estimate of drug-likeness (QED) is 0.606. The lowest BCUT2D eigenvalue weighted by molar-refractivity contribution is -0.136. The first-order chi connectivity index (χ1) is 17.9. The predicted octanol–water partition coefficient (Wildman–Crippen LogP) is 3.10. The van der Waals surface area contributed by atoms with E-state index in [1.807, 2.05) is 42.5 Å². The number of hydrogen-bond acceptors (Lipinski definition) is 6. The number of amides is 3. The molecule has 1 atom stereocenters. The van der Waals surface area contributed by atoms with Crippen molar-refractivity contribution in [2.24, 2.45) is 5.92 Å². The molecular formula is C28H32N4O5. The molecule has 9 heteroatoms. The zero-order chi connectivity index (χ0) is 25.8. The number of piperidine rings is 2. The molecule has 2 N–H and O–H groups in total. The fourth-order valence-electron chi connectivity index (χ4n) is 5.38. The standard InChI is InChI=1S/C28H32N4O5/c33-24-23(25(34)29-21-9-11-22(12-10-21)31-15-5-2-6-16-31)26(35)30-28(24)13-17-32(18-14-28)27(36)37-19-20-7-3-1-4-8-20/h1,3-4,7-12,23H,2,5-6,13-19H2,(H,29,34)(H,30,35). The van der Waals surface area contributed by atoms with E-state index in [2.05, 4.69) is 15.5 Å². The number of hydrogen-bond donors (Lipinski definition) is 2. The van der Waals surface area contributed by atoms with Gasteiger partial charge in [0.25, 0.3) is 0 Å². The van der Waals surface area contributed by atoms with Crippen LogP contribution in [0.2, 0.25) is 0 Å². The minimum atomic E-state index is -1.40. The van der Waals surface area contributed by atoms with E-state index in [9.17, 15) is 19.2 Å². The maximum Gasteiger partial charge on any atom is 0.410 e. The first-order valence-corrected chi connectivity index (χ1v) is 12.9. The Balaban J connectivity index is 1.15. The molecule has 3 saturated heterocycles. The van der Waals surface area contributed by atoms with Gasteiger partial charge in [0.05, 0.1) is 0 Å². The van der Waals surface area contributed by atoms with Gasteiger partial charge in [0, 0.05) is 37.6 Å². The zero-order valence-electron chi connectivity index (χ0n) is 20.8. The van der Waals surface area contributed by atoms with Crippen molar-refractivity contribution in [2.75, 3.05) is 36.4 Å². The molecule has 37 heavy (non-hydrogen) atoms. The maximum atomic E-state index is 13.3. The lowest BCUT2D eigenvalue weighted by Gasteiger charge is -2.37. The average Bonchev–Trinajstić information content (AvgIpc) is 3.17. The third-order valence-electron chi connectivity index (χ3n) is 7.56. The summed E-state index contributed by atoms with van der Waals surface area (Å²) in [5, 5.41) is 5.50. The molecule has 1 spiro atoms. The molecule has 3 fully saturated rings. The van der Waals surface area contributed by atoms with Crippen molar-refractivity contribution in [3.05, 3.63) is 60.2 Å². The van der Waals surface area contributed by atoms with Crippen molar-refractivity contribution >= 4 is 35.1 Å². The SMILES string of the molecule is O=C(Nc1ccc(N2CCCCC2)cc1)C1C(=O)NC2(CCN(C(=O)OCc3ccccc3)CC2)C1=O. The summed E-state index contributed by atoms with van der Waals surface area (Å²) >= 11 is 0. The largest absolute Gasteiger partial charge is 0.445 e. The number of carbonyl (C=O) groups excluding carboxylic acids is 4. The number of ketones is 1. The second kappa shape index (κ2) is 10.6. The normalized spacial score (nSPS) is 21.0. The van der Waals surface area contributed by atoms with E-state index in [4.69, 9.17) is 4.74 Å². The van der Waals surface area contributed by atoms with Gasteiger partial charge in [0.2, 0.25) is 11.8 Å². The smallest absolute Gasteiger partial charge is 0.410 e. The van der Waals surface area contributed by atoms with Crippen LogP contribution in [-0.2, 0) is 25.7 Å². The van der Waals surface area contributed by atoms with Gasteiger partial charge in [-0.2, -0.15) is 0 Å². The Kier molecular flexibility index (Phi) is 7.12. The van der Waals surface area contributed by atoms with Crippen LogP contribution in [0.3, 0.4) is 0 Å². The highest BCUT2D eigenvalue weighted by Crippen LogP contribution is 2.33. The van der Waals surface area contributed by atoms with Crippen molar-refractivity contribution in [3.8, 4) is 0 Å². The molecule has 2 aromatic rings. The van der Waals surface area contributed by atoms with Gasteiger partial charge in [0.1, 0.15) is 12.1 Å². The Morgan fingerprint density at radius 1 is 0.919 bits per heavy atom. The Labute approximate surface area is 216 Å². The summed E-state index contributed by atoms with van der Waals surface area (Å²) in [4.78, 5) is 55.3. The summed E-state index contributed by atoms with van der Waals surface area (Å²) in [6.07, 6.45) is 3.62. The molecule has 3 amide bonds. The van der Waals surface area contributed by atoms with E-state index in [1.165, 1.54) is 24.2 Å². The summed E-state index contributed by atoms with van der Waals surface area (Å²) in [6, 6.07) is 16.9. The Morgan fingerprint density at radius 2 is 1.59 bits per heavy atom. The van der Waals surface area contributed by atoms with Gasteiger partial charge >= 0.3 is 6.09 Å². The van der Waals surface area contributed by atoms with Gasteiger partial charge in [-0.1, -0.05) is 30.3 Å². The fourth-order valence-corrected chi connectivity index (χ4v) is 5.38. The second-order valence-corrected chi connectivity index (χ2v) is 9.98. The minimum Gasteiger partial charge on any atom is -0.445 e. The number of anilines is 2. The molecular weight excluding hydrogens is 472 g/mol. The van der Waals surface area contributed by atoms with Crippen molar-refractivity contribution in [3.63, 3.8) is 0 Å².